The third-order valence-electron chi connectivity index (χ3n) is 4.38. The molecular formula is C14H18F2N4O2. The van der Waals surface area contributed by atoms with E-state index in [0.29, 0.717) is 24.0 Å². The Morgan fingerprint density at radius 3 is 2.77 bits per heavy atom. The van der Waals surface area contributed by atoms with E-state index in [1.165, 1.54) is 17.9 Å². The van der Waals surface area contributed by atoms with Gasteiger partial charge in [-0.05, 0) is 18.8 Å². The molecule has 120 valence electrons. The molecule has 1 fully saturated rings. The molecule has 2 heterocycles. The molecule has 6 nitrogen and oxygen atoms in total. The Bertz CT molecular complexity index is 834. The van der Waals surface area contributed by atoms with Crippen molar-refractivity contribution >= 4 is 11.2 Å². The lowest BCUT2D eigenvalue weighted by atomic mass is 9.86. The van der Waals surface area contributed by atoms with Crippen molar-refractivity contribution in [2.75, 3.05) is 0 Å². The Balaban J connectivity index is 2.06. The zero-order valence-corrected chi connectivity index (χ0v) is 12.6. The van der Waals surface area contributed by atoms with Gasteiger partial charge in [0.1, 0.15) is 0 Å². The van der Waals surface area contributed by atoms with E-state index in [9.17, 15) is 18.4 Å². The Morgan fingerprint density at radius 2 is 2.09 bits per heavy atom. The number of hydrogen-bond acceptors (Lipinski definition) is 3. The standard InChI is InChI=1S/C14H18F2N4O2/c1-18-8-17-11-10(18)12(21)20(13(22)19(11)2)7-9-4-3-5-14(15,16)6-9/h8-9H,3-7H2,1-2H3. The third-order valence-corrected chi connectivity index (χ3v) is 4.38. The average molecular weight is 312 g/mol. The number of aryl methyl sites for hydroxylation is 2. The summed E-state index contributed by atoms with van der Waals surface area (Å²) in [5.41, 5.74) is -0.357. The van der Waals surface area contributed by atoms with Gasteiger partial charge >= 0.3 is 5.69 Å². The maximum absolute atomic E-state index is 13.5. The summed E-state index contributed by atoms with van der Waals surface area (Å²) in [7, 11) is 3.20. The number of nitrogens with zero attached hydrogens (tertiary/aromatic N) is 4. The molecular weight excluding hydrogens is 294 g/mol. The van der Waals surface area contributed by atoms with Crippen LogP contribution < -0.4 is 11.2 Å². The Hall–Kier alpha value is -1.99. The van der Waals surface area contributed by atoms with Gasteiger partial charge < -0.3 is 4.57 Å². The lowest BCUT2D eigenvalue weighted by Gasteiger charge is -2.29. The first kappa shape index (κ1) is 14.9. The summed E-state index contributed by atoms with van der Waals surface area (Å²) in [5, 5.41) is 0. The van der Waals surface area contributed by atoms with E-state index >= 15 is 0 Å². The van der Waals surface area contributed by atoms with Crippen LogP contribution in [0.2, 0.25) is 0 Å². The Morgan fingerprint density at radius 1 is 1.36 bits per heavy atom. The minimum absolute atomic E-state index is 0.0300. The number of aromatic nitrogens is 4. The Kier molecular flexibility index (Phi) is 3.41. The minimum atomic E-state index is -2.70. The van der Waals surface area contributed by atoms with Gasteiger partial charge in [0.2, 0.25) is 5.92 Å². The monoisotopic (exact) mass is 312 g/mol. The molecule has 2 aromatic rings. The summed E-state index contributed by atoms with van der Waals surface area (Å²) >= 11 is 0. The maximum atomic E-state index is 13.5. The van der Waals surface area contributed by atoms with Crippen LogP contribution in [-0.4, -0.2) is 24.6 Å². The number of imidazole rings is 1. The van der Waals surface area contributed by atoms with Crippen LogP contribution >= 0.6 is 0 Å². The van der Waals surface area contributed by atoms with Crippen LogP contribution in [0.1, 0.15) is 25.7 Å². The quantitative estimate of drug-likeness (QED) is 0.839. The van der Waals surface area contributed by atoms with Crippen molar-refractivity contribution in [1.82, 2.24) is 18.7 Å². The SMILES string of the molecule is Cn1cnc2c1c(=O)n(CC1CCCC(F)(F)C1)c(=O)n2C. The molecule has 0 aliphatic heterocycles. The van der Waals surface area contributed by atoms with E-state index in [1.807, 2.05) is 0 Å². The van der Waals surface area contributed by atoms with Crippen molar-refractivity contribution in [3.8, 4) is 0 Å². The fourth-order valence-electron chi connectivity index (χ4n) is 3.25. The van der Waals surface area contributed by atoms with Crippen molar-refractivity contribution in [2.24, 2.45) is 20.0 Å². The van der Waals surface area contributed by atoms with Crippen LogP contribution in [0.25, 0.3) is 11.2 Å². The third kappa shape index (κ3) is 2.36. The van der Waals surface area contributed by atoms with Crippen LogP contribution in [-0.2, 0) is 20.6 Å². The molecule has 1 atom stereocenters. The molecule has 1 saturated carbocycles. The van der Waals surface area contributed by atoms with E-state index in [0.717, 1.165) is 4.57 Å². The predicted molar refractivity (Wildman–Crippen MR) is 77.1 cm³/mol. The van der Waals surface area contributed by atoms with Gasteiger partial charge in [-0.2, -0.15) is 0 Å². The van der Waals surface area contributed by atoms with Crippen molar-refractivity contribution < 1.29 is 8.78 Å². The van der Waals surface area contributed by atoms with Gasteiger partial charge in [-0.1, -0.05) is 0 Å². The summed E-state index contributed by atoms with van der Waals surface area (Å²) in [6.45, 7) is 0.0300. The molecule has 0 saturated heterocycles. The molecule has 0 radical (unpaired) electrons. The zero-order chi connectivity index (χ0) is 16.1. The van der Waals surface area contributed by atoms with E-state index in [-0.39, 0.29) is 25.3 Å². The summed E-state index contributed by atoms with van der Waals surface area (Å²) in [6, 6.07) is 0. The number of halogens is 2. The van der Waals surface area contributed by atoms with E-state index in [2.05, 4.69) is 4.98 Å². The van der Waals surface area contributed by atoms with Gasteiger partial charge in [-0.3, -0.25) is 13.9 Å². The second-order valence-corrected chi connectivity index (χ2v) is 6.10. The number of fused-ring (bicyclic) bond motifs is 1. The smallest absolute Gasteiger partial charge is 0.328 e. The van der Waals surface area contributed by atoms with Crippen LogP contribution in [0.3, 0.4) is 0 Å². The maximum Gasteiger partial charge on any atom is 0.332 e. The van der Waals surface area contributed by atoms with Gasteiger partial charge in [0.15, 0.2) is 11.2 Å². The molecule has 1 unspecified atom stereocenters. The molecule has 1 aliphatic carbocycles. The number of hydrogen-bond donors (Lipinski definition) is 0. The molecule has 0 spiro atoms. The first-order chi connectivity index (χ1) is 10.3. The van der Waals surface area contributed by atoms with Gasteiger partial charge in [0.25, 0.3) is 5.56 Å². The Labute approximate surface area is 125 Å². The lowest BCUT2D eigenvalue weighted by Crippen LogP contribution is -2.42. The van der Waals surface area contributed by atoms with E-state index in [4.69, 9.17) is 0 Å². The van der Waals surface area contributed by atoms with Crippen molar-refractivity contribution in [3.63, 3.8) is 0 Å². The normalized spacial score (nSPS) is 21.4. The zero-order valence-electron chi connectivity index (χ0n) is 12.6. The van der Waals surface area contributed by atoms with Gasteiger partial charge in [-0.15, -0.1) is 0 Å². The fraction of sp³-hybridized carbons (Fsp3) is 0.643. The van der Waals surface area contributed by atoms with Crippen LogP contribution in [0, 0.1) is 5.92 Å². The fourth-order valence-corrected chi connectivity index (χ4v) is 3.25. The van der Waals surface area contributed by atoms with Crippen molar-refractivity contribution in [3.05, 3.63) is 27.2 Å². The predicted octanol–water partition coefficient (Wildman–Crippen LogP) is 1.26. The second-order valence-electron chi connectivity index (χ2n) is 6.10. The summed E-state index contributed by atoms with van der Waals surface area (Å²) in [4.78, 5) is 28.9. The van der Waals surface area contributed by atoms with Gasteiger partial charge in [0, 0.05) is 33.5 Å². The minimum Gasteiger partial charge on any atom is -0.328 e. The molecule has 22 heavy (non-hydrogen) atoms. The van der Waals surface area contributed by atoms with E-state index in [1.54, 1.807) is 11.6 Å². The highest BCUT2D eigenvalue weighted by Crippen LogP contribution is 2.36. The average Bonchev–Trinajstić information content (AvgIpc) is 2.82. The highest BCUT2D eigenvalue weighted by Gasteiger charge is 2.36. The molecule has 3 rings (SSSR count). The lowest BCUT2D eigenvalue weighted by molar-refractivity contribution is -0.0550. The topological polar surface area (TPSA) is 61.8 Å². The van der Waals surface area contributed by atoms with Crippen molar-refractivity contribution in [1.29, 1.82) is 0 Å². The van der Waals surface area contributed by atoms with Crippen LogP contribution in [0.15, 0.2) is 15.9 Å². The largest absolute Gasteiger partial charge is 0.332 e. The molecule has 0 aromatic carbocycles. The van der Waals surface area contributed by atoms with Crippen LogP contribution in [0.4, 0.5) is 8.78 Å². The first-order valence-electron chi connectivity index (χ1n) is 7.29. The summed E-state index contributed by atoms with van der Waals surface area (Å²) < 4.78 is 30.9. The molecule has 2 aromatic heterocycles. The highest BCUT2D eigenvalue weighted by molar-refractivity contribution is 5.69. The summed E-state index contributed by atoms with van der Waals surface area (Å²) in [6.07, 6.45) is 2.10. The molecule has 0 bridgehead atoms. The van der Waals surface area contributed by atoms with Gasteiger partial charge in [0.05, 0.1) is 6.33 Å². The molecule has 1 aliphatic rings. The number of rotatable bonds is 2. The van der Waals surface area contributed by atoms with Crippen LogP contribution in [0.5, 0.6) is 0 Å². The van der Waals surface area contributed by atoms with Crippen molar-refractivity contribution in [2.45, 2.75) is 38.2 Å². The molecule has 0 N–H and O–H groups in total. The second kappa shape index (κ2) is 5.03. The first-order valence-corrected chi connectivity index (χ1v) is 7.29. The van der Waals surface area contributed by atoms with E-state index < -0.39 is 17.2 Å². The number of alkyl halides is 2. The summed E-state index contributed by atoms with van der Waals surface area (Å²) in [5.74, 6) is -3.06. The molecule has 0 amide bonds. The van der Waals surface area contributed by atoms with Gasteiger partial charge in [-0.25, -0.2) is 18.6 Å². The molecule has 8 heteroatoms. The highest BCUT2D eigenvalue weighted by atomic mass is 19.3.